The summed E-state index contributed by atoms with van der Waals surface area (Å²) in [5, 5.41) is 6.00. The van der Waals surface area contributed by atoms with Crippen LogP contribution in [0, 0.1) is 17.8 Å². The normalized spacial score (nSPS) is 32.0. The molecule has 168 valence electrons. The molecule has 6 heteroatoms. The summed E-state index contributed by atoms with van der Waals surface area (Å²) in [7, 11) is 3.12. The highest BCUT2D eigenvalue weighted by Gasteiger charge is 2.34. The summed E-state index contributed by atoms with van der Waals surface area (Å²) in [5.74, 6) is -0.910. The van der Waals surface area contributed by atoms with Crippen molar-refractivity contribution in [3.8, 4) is 0 Å². The van der Waals surface area contributed by atoms with Crippen LogP contribution < -0.4 is 10.6 Å². The van der Waals surface area contributed by atoms with Crippen LogP contribution in [0.3, 0.4) is 0 Å². The zero-order valence-electron chi connectivity index (χ0n) is 19.2. The molecule has 5 atom stereocenters. The van der Waals surface area contributed by atoms with Crippen molar-refractivity contribution in [3.05, 3.63) is 46.6 Å². The van der Waals surface area contributed by atoms with Crippen LogP contribution in [0.15, 0.2) is 46.6 Å². The zero-order chi connectivity index (χ0) is 22.7. The molecule has 0 spiro atoms. The molecule has 1 unspecified atom stereocenters. The summed E-state index contributed by atoms with van der Waals surface area (Å²) < 4.78 is 4.94. The highest BCUT2D eigenvalue weighted by Crippen LogP contribution is 2.38. The number of likely N-dealkylation sites (N-methyl/N-ethyl adjacent to an activating group) is 1. The van der Waals surface area contributed by atoms with E-state index in [-0.39, 0.29) is 30.1 Å². The van der Waals surface area contributed by atoms with Gasteiger partial charge in [-0.25, -0.2) is 4.79 Å². The predicted molar refractivity (Wildman–Crippen MR) is 120 cm³/mol. The third-order valence-electron chi connectivity index (χ3n) is 6.75. The molecule has 0 aromatic carbocycles. The molecular weight excluding hydrogens is 392 g/mol. The average molecular weight is 427 g/mol. The molecule has 0 fully saturated rings. The van der Waals surface area contributed by atoms with Gasteiger partial charge in [-0.2, -0.15) is 0 Å². The maximum absolute atomic E-state index is 13.1. The van der Waals surface area contributed by atoms with E-state index in [0.29, 0.717) is 12.3 Å². The second-order valence-electron chi connectivity index (χ2n) is 9.03. The molecule has 0 saturated heterocycles. The lowest BCUT2D eigenvalue weighted by Gasteiger charge is -2.33. The smallest absolute Gasteiger partial charge is 0.328 e. The van der Waals surface area contributed by atoms with Crippen molar-refractivity contribution in [2.24, 2.45) is 17.8 Å². The first-order valence-corrected chi connectivity index (χ1v) is 11.1. The molecule has 1 amide bonds. The first-order valence-electron chi connectivity index (χ1n) is 11.1. The van der Waals surface area contributed by atoms with Gasteiger partial charge in [0.05, 0.1) is 13.2 Å². The maximum atomic E-state index is 13.1. The van der Waals surface area contributed by atoms with E-state index in [0.717, 1.165) is 18.4 Å². The first kappa shape index (κ1) is 23.2. The van der Waals surface area contributed by atoms with Crippen molar-refractivity contribution in [1.82, 2.24) is 10.6 Å². The molecule has 2 aliphatic carbocycles. The predicted octanol–water partition coefficient (Wildman–Crippen LogP) is 3.02. The van der Waals surface area contributed by atoms with Crippen LogP contribution >= 0.6 is 0 Å². The molecule has 2 N–H and O–H groups in total. The van der Waals surface area contributed by atoms with E-state index in [1.807, 2.05) is 0 Å². The molecule has 0 radical (unpaired) electrons. The number of nitrogens with one attached hydrogen (secondary N) is 2. The first-order chi connectivity index (χ1) is 14.7. The van der Waals surface area contributed by atoms with Crippen molar-refractivity contribution in [3.63, 3.8) is 0 Å². The minimum atomic E-state index is -0.774. The van der Waals surface area contributed by atoms with Gasteiger partial charge in [0.25, 0.3) is 0 Å². The SMILES string of the molecule is CN[C@@H]1C(=O)C[C@@H](C)C(=O)N[C@H](C(=O)OC)CC2=CCC(C)C(=C2)C2=C(C)C=C[C@H]1C2. The van der Waals surface area contributed by atoms with E-state index in [2.05, 4.69) is 48.8 Å². The highest BCUT2D eigenvalue weighted by molar-refractivity contribution is 5.91. The van der Waals surface area contributed by atoms with Crippen LogP contribution in [0.2, 0.25) is 0 Å². The van der Waals surface area contributed by atoms with E-state index >= 15 is 0 Å². The van der Waals surface area contributed by atoms with Crippen LogP contribution in [0.1, 0.15) is 46.5 Å². The second-order valence-corrected chi connectivity index (χ2v) is 9.03. The number of ether oxygens (including phenoxy) is 1. The molecule has 31 heavy (non-hydrogen) atoms. The molecular formula is C25H34N2O4. The van der Waals surface area contributed by atoms with Gasteiger partial charge in [0.1, 0.15) is 6.04 Å². The fraction of sp³-hybridized carbons (Fsp3) is 0.560. The monoisotopic (exact) mass is 426 g/mol. The lowest BCUT2D eigenvalue weighted by molar-refractivity contribution is -0.145. The Hall–Kier alpha value is -2.47. The molecule has 0 aromatic heterocycles. The Morgan fingerprint density at radius 3 is 2.58 bits per heavy atom. The Labute approximate surface area is 184 Å². The fourth-order valence-electron chi connectivity index (χ4n) is 4.81. The Morgan fingerprint density at radius 1 is 1.16 bits per heavy atom. The van der Waals surface area contributed by atoms with E-state index in [9.17, 15) is 14.4 Å². The van der Waals surface area contributed by atoms with Crippen LogP contribution in [0.4, 0.5) is 0 Å². The topological polar surface area (TPSA) is 84.5 Å². The van der Waals surface area contributed by atoms with Gasteiger partial charge in [0.15, 0.2) is 5.78 Å². The lowest BCUT2D eigenvalue weighted by Crippen LogP contribution is -2.46. The summed E-state index contributed by atoms with van der Waals surface area (Å²) in [6.07, 6.45) is 10.7. The van der Waals surface area contributed by atoms with Crippen molar-refractivity contribution in [2.45, 2.75) is 58.5 Å². The molecule has 0 saturated carbocycles. The number of methoxy groups -OCH3 is 1. The van der Waals surface area contributed by atoms with Crippen LogP contribution in [0.5, 0.6) is 0 Å². The number of esters is 1. The lowest BCUT2D eigenvalue weighted by atomic mass is 9.75. The zero-order valence-corrected chi connectivity index (χ0v) is 19.2. The molecule has 3 rings (SSSR count). The van der Waals surface area contributed by atoms with Gasteiger partial charge in [-0.05, 0) is 55.0 Å². The molecule has 4 bridgehead atoms. The summed E-state index contributed by atoms with van der Waals surface area (Å²) in [5.41, 5.74) is 4.78. The van der Waals surface area contributed by atoms with Gasteiger partial charge in [-0.3, -0.25) is 9.59 Å². The number of carbonyl (C=O) groups excluding carboxylic acids is 3. The van der Waals surface area contributed by atoms with E-state index in [1.165, 1.54) is 23.8 Å². The van der Waals surface area contributed by atoms with Crippen molar-refractivity contribution >= 4 is 17.7 Å². The fourth-order valence-corrected chi connectivity index (χ4v) is 4.81. The molecule has 0 aromatic rings. The van der Waals surface area contributed by atoms with Crippen LogP contribution in [0.25, 0.3) is 0 Å². The Balaban J connectivity index is 2.05. The van der Waals surface area contributed by atoms with Gasteiger partial charge in [0.2, 0.25) is 5.91 Å². The van der Waals surface area contributed by atoms with Gasteiger partial charge < -0.3 is 15.4 Å². The van der Waals surface area contributed by atoms with Gasteiger partial charge >= 0.3 is 5.97 Å². The number of hydrogen-bond donors (Lipinski definition) is 2. The van der Waals surface area contributed by atoms with E-state index in [1.54, 1.807) is 14.0 Å². The van der Waals surface area contributed by atoms with E-state index < -0.39 is 17.9 Å². The van der Waals surface area contributed by atoms with Crippen LogP contribution in [-0.4, -0.2) is 43.9 Å². The molecule has 1 heterocycles. The summed E-state index contributed by atoms with van der Waals surface area (Å²) >= 11 is 0. The Kier molecular flexibility index (Phi) is 7.31. The quantitative estimate of drug-likeness (QED) is 0.663. The summed E-state index contributed by atoms with van der Waals surface area (Å²) in [6.45, 7) is 6.05. The largest absolute Gasteiger partial charge is 0.467 e. The minimum absolute atomic E-state index is 0.0108. The van der Waals surface area contributed by atoms with Crippen molar-refractivity contribution < 1.29 is 19.1 Å². The average Bonchev–Trinajstić information content (AvgIpc) is 2.75. The molecule has 3 aliphatic rings. The number of fused-ring (bicyclic) bond motifs is 4. The number of allylic oxidation sites excluding steroid dienone is 6. The van der Waals surface area contributed by atoms with E-state index in [4.69, 9.17) is 4.74 Å². The number of amides is 1. The third-order valence-corrected chi connectivity index (χ3v) is 6.75. The van der Waals surface area contributed by atoms with Gasteiger partial charge in [-0.15, -0.1) is 0 Å². The Morgan fingerprint density at radius 2 is 1.90 bits per heavy atom. The van der Waals surface area contributed by atoms with Gasteiger partial charge in [0, 0.05) is 24.7 Å². The number of hydrogen-bond acceptors (Lipinski definition) is 5. The molecule has 1 aliphatic heterocycles. The standard InChI is InChI=1S/C25H34N2O4/c1-14-6-8-17-11-19(14)20-13-18(9-7-15(20)2)23(26-4)22(28)10-16(3)24(29)27-21(12-17)25(30)31-5/h7-9,11,14,16,18,21,23,26H,6,10,12-13H2,1-5H3,(H,27,29)/t14?,16-,18+,21+,23+/m1/s1. The number of ketones is 1. The van der Waals surface area contributed by atoms with Crippen molar-refractivity contribution in [1.29, 1.82) is 0 Å². The third kappa shape index (κ3) is 5.06. The van der Waals surface area contributed by atoms with Crippen molar-refractivity contribution in [2.75, 3.05) is 14.2 Å². The Bertz CT molecular complexity index is 880. The number of carbonyl (C=O) groups is 3. The highest BCUT2D eigenvalue weighted by atomic mass is 16.5. The summed E-state index contributed by atoms with van der Waals surface area (Å²) in [4.78, 5) is 38.3. The number of rotatable bonds is 2. The van der Waals surface area contributed by atoms with Crippen LogP contribution in [-0.2, 0) is 19.1 Å². The second kappa shape index (κ2) is 9.77. The molecule has 6 nitrogen and oxygen atoms in total. The minimum Gasteiger partial charge on any atom is -0.467 e. The van der Waals surface area contributed by atoms with Gasteiger partial charge in [-0.1, -0.05) is 38.2 Å². The summed E-state index contributed by atoms with van der Waals surface area (Å²) in [6, 6.07) is -1.13. The maximum Gasteiger partial charge on any atom is 0.328 e. The number of Topliss-reactive ketones (excluding diaryl/α,β-unsaturated/α-hetero) is 1.